The third-order valence-electron chi connectivity index (χ3n) is 5.12. The molecule has 1 aromatic rings. The number of carboxylic acid groups (broad SMARTS) is 1. The van der Waals surface area contributed by atoms with Gasteiger partial charge >= 0.3 is 5.97 Å². The second-order valence-corrected chi connectivity index (χ2v) is 9.18. The summed E-state index contributed by atoms with van der Waals surface area (Å²) in [5.74, 6) is -1.28. The van der Waals surface area contributed by atoms with Crippen LogP contribution in [0.1, 0.15) is 38.1 Å². The number of benzene rings is 1. The van der Waals surface area contributed by atoms with E-state index >= 15 is 0 Å². The van der Waals surface area contributed by atoms with Crippen LogP contribution in [0.25, 0.3) is 0 Å². The predicted molar refractivity (Wildman–Crippen MR) is 104 cm³/mol. The Morgan fingerprint density at radius 1 is 1.29 bits per heavy atom. The third-order valence-corrected chi connectivity index (χ3v) is 6.87. The fraction of sp³-hybridized carbons (Fsp3) is 0.526. The largest absolute Gasteiger partial charge is 0.496 e. The Labute approximate surface area is 167 Å². The van der Waals surface area contributed by atoms with Gasteiger partial charge in [-0.3, -0.25) is 9.59 Å². The number of nitrogens with zero attached hydrogens (tertiary/aromatic N) is 1. The lowest BCUT2D eigenvalue weighted by atomic mass is 9.86. The Balaban J connectivity index is 1.90. The average molecular weight is 408 g/mol. The van der Waals surface area contributed by atoms with Gasteiger partial charge in [-0.1, -0.05) is 6.07 Å². The minimum absolute atomic E-state index is 0.205. The Morgan fingerprint density at radius 3 is 2.50 bits per heavy atom. The van der Waals surface area contributed by atoms with Crippen molar-refractivity contribution in [2.75, 3.05) is 13.7 Å². The van der Waals surface area contributed by atoms with E-state index in [1.807, 2.05) is 0 Å². The second-order valence-electron chi connectivity index (χ2n) is 7.45. The maximum absolute atomic E-state index is 13.1. The normalized spacial score (nSPS) is 27.6. The third kappa shape index (κ3) is 2.88. The van der Waals surface area contributed by atoms with Crippen molar-refractivity contribution < 1.29 is 29.0 Å². The summed E-state index contributed by atoms with van der Waals surface area (Å²) in [6.45, 7) is 7.37. The zero-order chi connectivity index (χ0) is 20.9. The van der Waals surface area contributed by atoms with Gasteiger partial charge in [-0.15, -0.1) is 11.8 Å². The number of ether oxygens (including phenoxy) is 2. The molecule has 3 atom stereocenters. The van der Waals surface area contributed by atoms with E-state index in [-0.39, 0.29) is 5.56 Å². The summed E-state index contributed by atoms with van der Waals surface area (Å²) in [5, 5.41) is 11.9. The number of fused-ring (bicyclic) bond motifs is 1. The van der Waals surface area contributed by atoms with Gasteiger partial charge in [0.05, 0.1) is 13.7 Å². The van der Waals surface area contributed by atoms with Gasteiger partial charge in [0, 0.05) is 4.75 Å². The molecule has 152 valence electrons. The molecule has 0 bridgehead atoms. The predicted octanol–water partition coefficient (Wildman–Crippen LogP) is 1.73. The molecule has 2 saturated heterocycles. The van der Waals surface area contributed by atoms with E-state index in [2.05, 4.69) is 5.32 Å². The molecule has 0 radical (unpaired) electrons. The van der Waals surface area contributed by atoms with Gasteiger partial charge in [-0.25, -0.2) is 4.79 Å². The highest BCUT2D eigenvalue weighted by Gasteiger charge is 2.70. The topological polar surface area (TPSA) is 105 Å². The van der Waals surface area contributed by atoms with Crippen LogP contribution in [0.4, 0.5) is 0 Å². The van der Waals surface area contributed by atoms with E-state index in [9.17, 15) is 19.5 Å². The van der Waals surface area contributed by atoms with Gasteiger partial charge in [-0.05, 0) is 39.8 Å². The average Bonchev–Trinajstić information content (AvgIpc) is 2.91. The van der Waals surface area contributed by atoms with Crippen molar-refractivity contribution >= 4 is 29.5 Å². The number of carbonyl (C=O) groups is 3. The van der Waals surface area contributed by atoms with Crippen LogP contribution in [0.3, 0.4) is 0 Å². The van der Waals surface area contributed by atoms with Crippen molar-refractivity contribution in [2.45, 2.75) is 49.4 Å². The van der Waals surface area contributed by atoms with E-state index < -0.39 is 39.5 Å². The SMILES string of the molecule is CCOc1cccc(OC)c1C(=O)N[C@@]1(C)C(=O)N2[C@@H](C(=O)O)C(C)(C)S[C@@H]21. The first-order valence-corrected chi connectivity index (χ1v) is 9.82. The van der Waals surface area contributed by atoms with E-state index in [1.54, 1.807) is 45.9 Å². The molecular formula is C19H24N2O6S. The van der Waals surface area contributed by atoms with E-state index in [4.69, 9.17) is 9.47 Å². The molecule has 2 fully saturated rings. The number of nitrogens with one attached hydrogen (secondary N) is 1. The molecular weight excluding hydrogens is 384 g/mol. The molecule has 28 heavy (non-hydrogen) atoms. The molecule has 0 saturated carbocycles. The molecule has 2 aliphatic heterocycles. The molecule has 2 aliphatic rings. The van der Waals surface area contributed by atoms with Gasteiger partial charge in [-0.2, -0.15) is 0 Å². The van der Waals surface area contributed by atoms with Crippen LogP contribution in [0.2, 0.25) is 0 Å². The van der Waals surface area contributed by atoms with Crippen molar-refractivity contribution in [3.8, 4) is 11.5 Å². The van der Waals surface area contributed by atoms with Crippen LogP contribution in [0.5, 0.6) is 11.5 Å². The van der Waals surface area contributed by atoms with E-state index in [0.29, 0.717) is 18.1 Å². The van der Waals surface area contributed by atoms with Crippen LogP contribution >= 0.6 is 11.8 Å². The maximum Gasteiger partial charge on any atom is 0.327 e. The highest BCUT2D eigenvalue weighted by Crippen LogP contribution is 2.54. The Hall–Kier alpha value is -2.42. The van der Waals surface area contributed by atoms with Crippen molar-refractivity contribution in [1.82, 2.24) is 10.2 Å². The summed E-state index contributed by atoms with van der Waals surface area (Å²) in [5.41, 5.74) is -1.01. The lowest BCUT2D eigenvalue weighted by Crippen LogP contribution is -2.78. The molecule has 0 spiro atoms. The molecule has 9 heteroatoms. The lowest BCUT2D eigenvalue weighted by molar-refractivity contribution is -0.165. The van der Waals surface area contributed by atoms with E-state index in [0.717, 1.165) is 0 Å². The molecule has 8 nitrogen and oxygen atoms in total. The van der Waals surface area contributed by atoms with E-state index in [1.165, 1.54) is 23.8 Å². The smallest absolute Gasteiger partial charge is 0.327 e. The van der Waals surface area contributed by atoms with Gasteiger partial charge in [0.15, 0.2) is 0 Å². The van der Waals surface area contributed by atoms with Gasteiger partial charge in [0.25, 0.3) is 11.8 Å². The van der Waals surface area contributed by atoms with Gasteiger partial charge < -0.3 is 24.8 Å². The summed E-state index contributed by atoms with van der Waals surface area (Å²) >= 11 is 1.37. The highest BCUT2D eigenvalue weighted by atomic mass is 32.2. The molecule has 2 N–H and O–H groups in total. The van der Waals surface area contributed by atoms with Crippen molar-refractivity contribution in [3.63, 3.8) is 0 Å². The van der Waals surface area contributed by atoms with Crippen molar-refractivity contribution in [2.24, 2.45) is 0 Å². The summed E-state index contributed by atoms with van der Waals surface area (Å²) in [7, 11) is 1.45. The number of hydrogen-bond acceptors (Lipinski definition) is 6. The first kappa shape index (κ1) is 20.3. The number of β-lactam (4-membered cyclic amide) rings is 1. The Kier molecular flexibility index (Phi) is 4.99. The quantitative estimate of drug-likeness (QED) is 0.691. The highest BCUT2D eigenvalue weighted by molar-refractivity contribution is 8.01. The Morgan fingerprint density at radius 2 is 1.93 bits per heavy atom. The standard InChI is InChI=1S/C19H24N2O6S/c1-6-27-11-9-7-8-10(26-5)12(11)14(22)20-19(4)16(25)21-13(15(23)24)18(2,3)28-17(19)21/h7-9,13,17H,6H2,1-5H3,(H,20,22)(H,23,24)/t13-,17+,19-/m0/s1. The Bertz CT molecular complexity index is 842. The number of hydrogen-bond donors (Lipinski definition) is 2. The molecule has 0 unspecified atom stereocenters. The second kappa shape index (κ2) is 6.88. The van der Waals surface area contributed by atoms with Crippen LogP contribution in [-0.2, 0) is 9.59 Å². The molecule has 1 aromatic carbocycles. The monoisotopic (exact) mass is 408 g/mol. The lowest BCUT2D eigenvalue weighted by Gasteiger charge is -2.51. The van der Waals surface area contributed by atoms with Gasteiger partial charge in [0.1, 0.15) is 34.0 Å². The number of carbonyl (C=O) groups excluding carboxylic acids is 2. The van der Waals surface area contributed by atoms with Crippen LogP contribution in [0.15, 0.2) is 18.2 Å². The van der Waals surface area contributed by atoms with Crippen LogP contribution in [-0.4, -0.2) is 63.2 Å². The summed E-state index contributed by atoms with van der Waals surface area (Å²) in [4.78, 5) is 39.0. The summed E-state index contributed by atoms with van der Waals surface area (Å²) in [6.07, 6.45) is 0. The molecule has 0 aromatic heterocycles. The number of carboxylic acids is 1. The van der Waals surface area contributed by atoms with Gasteiger partial charge in [0.2, 0.25) is 0 Å². The number of amides is 2. The van der Waals surface area contributed by atoms with Crippen LogP contribution < -0.4 is 14.8 Å². The molecule has 3 rings (SSSR count). The fourth-order valence-electron chi connectivity index (χ4n) is 3.82. The fourth-order valence-corrected chi connectivity index (χ4v) is 5.46. The minimum atomic E-state index is -1.21. The minimum Gasteiger partial charge on any atom is -0.496 e. The first-order chi connectivity index (χ1) is 13.1. The number of thioether (sulfide) groups is 1. The number of aliphatic carboxylic acids is 1. The van der Waals surface area contributed by atoms with Crippen LogP contribution in [0, 0.1) is 0 Å². The molecule has 0 aliphatic carbocycles. The maximum atomic E-state index is 13.1. The van der Waals surface area contributed by atoms with Crippen molar-refractivity contribution in [1.29, 1.82) is 0 Å². The number of rotatable bonds is 6. The summed E-state index contributed by atoms with van der Waals surface area (Å²) in [6, 6.07) is 4.07. The first-order valence-electron chi connectivity index (χ1n) is 8.94. The number of methoxy groups -OCH3 is 1. The molecule has 2 heterocycles. The summed E-state index contributed by atoms with van der Waals surface area (Å²) < 4.78 is 10.2. The van der Waals surface area contributed by atoms with Crippen molar-refractivity contribution in [3.05, 3.63) is 23.8 Å². The molecule has 2 amide bonds. The zero-order valence-corrected chi connectivity index (χ0v) is 17.3. The zero-order valence-electron chi connectivity index (χ0n) is 16.4.